The Morgan fingerprint density at radius 1 is 0.604 bits per heavy atom. The molecule has 0 aromatic heterocycles. The third-order valence-electron chi connectivity index (χ3n) is 8.49. The van der Waals surface area contributed by atoms with Crippen molar-refractivity contribution in [3.05, 3.63) is 0 Å². The highest BCUT2D eigenvalue weighted by atomic mass is 16.5. The van der Waals surface area contributed by atoms with E-state index in [2.05, 4.69) is 44.1 Å². The van der Waals surface area contributed by atoms with Gasteiger partial charge in [-0.2, -0.15) is 0 Å². The molecule has 0 heterocycles. The second-order valence-electron chi connectivity index (χ2n) is 14.9. The van der Waals surface area contributed by atoms with Crippen LogP contribution in [0.2, 0.25) is 0 Å². The molecular formula is C37H67N7O9. The van der Waals surface area contributed by atoms with Gasteiger partial charge in [-0.25, -0.2) is 4.79 Å². The molecule has 0 bridgehead atoms. The minimum atomic E-state index is -1.52. The number of esters is 1. The number of rotatable bonds is 26. The number of amides is 7. The lowest BCUT2D eigenvalue weighted by Gasteiger charge is -2.29. The topological polar surface area (TPSA) is 230 Å². The van der Waals surface area contributed by atoms with Gasteiger partial charge in [0.1, 0.15) is 23.7 Å². The summed E-state index contributed by atoms with van der Waals surface area (Å²) in [5, 5.41) is 18.0. The van der Waals surface area contributed by atoms with E-state index in [0.717, 1.165) is 32.1 Å². The second kappa shape index (κ2) is 25.7. The van der Waals surface area contributed by atoms with Crippen LogP contribution in [-0.4, -0.2) is 97.7 Å². The quantitative estimate of drug-likeness (QED) is 0.0499. The first-order chi connectivity index (χ1) is 24.8. The molecule has 0 aromatic rings. The molecule has 0 radical (unpaired) electrons. The summed E-state index contributed by atoms with van der Waals surface area (Å²) >= 11 is 0. The SMILES string of the molecule is CCCCCCCC(=O)NCC(=O)NCC(=O)N[C@@H](CC(C)C)C(=O)NC(C)(C)C(=O)NCC(=O)N[C@H](C(=O)N[C@@H](CC(C)C)C(=O)OC)[C@@H](C)CC. The summed E-state index contributed by atoms with van der Waals surface area (Å²) in [4.78, 5) is 102. The minimum Gasteiger partial charge on any atom is -0.467 e. The van der Waals surface area contributed by atoms with Gasteiger partial charge in [0.05, 0.1) is 26.7 Å². The average molecular weight is 754 g/mol. The Balaban J connectivity index is 5.19. The Hall–Kier alpha value is -4.24. The van der Waals surface area contributed by atoms with E-state index in [4.69, 9.17) is 4.74 Å². The highest BCUT2D eigenvalue weighted by Crippen LogP contribution is 2.12. The van der Waals surface area contributed by atoms with Crippen molar-refractivity contribution >= 4 is 47.3 Å². The van der Waals surface area contributed by atoms with Gasteiger partial charge < -0.3 is 42.0 Å². The van der Waals surface area contributed by atoms with Gasteiger partial charge in [-0.1, -0.05) is 80.6 Å². The van der Waals surface area contributed by atoms with Gasteiger partial charge in [-0.05, 0) is 50.9 Å². The van der Waals surface area contributed by atoms with Gasteiger partial charge in [0, 0.05) is 6.42 Å². The van der Waals surface area contributed by atoms with Gasteiger partial charge in [0.15, 0.2) is 0 Å². The van der Waals surface area contributed by atoms with E-state index in [-0.39, 0.29) is 36.6 Å². The van der Waals surface area contributed by atoms with Crippen LogP contribution in [0.25, 0.3) is 0 Å². The van der Waals surface area contributed by atoms with Gasteiger partial charge in [0.2, 0.25) is 41.4 Å². The molecule has 16 nitrogen and oxygen atoms in total. The van der Waals surface area contributed by atoms with E-state index in [1.807, 2.05) is 34.6 Å². The number of ether oxygens (including phenoxy) is 1. The molecule has 0 aliphatic carbocycles. The van der Waals surface area contributed by atoms with E-state index in [0.29, 0.717) is 19.3 Å². The zero-order valence-corrected chi connectivity index (χ0v) is 33.6. The maximum Gasteiger partial charge on any atom is 0.328 e. The zero-order chi connectivity index (χ0) is 40.7. The molecule has 0 saturated heterocycles. The molecule has 7 amide bonds. The Morgan fingerprint density at radius 3 is 1.70 bits per heavy atom. The fourth-order valence-corrected chi connectivity index (χ4v) is 5.20. The van der Waals surface area contributed by atoms with Crippen LogP contribution in [0.3, 0.4) is 0 Å². The van der Waals surface area contributed by atoms with Gasteiger partial charge in [0.25, 0.3) is 0 Å². The molecule has 53 heavy (non-hydrogen) atoms. The maximum absolute atomic E-state index is 13.3. The summed E-state index contributed by atoms with van der Waals surface area (Å²) < 4.78 is 4.82. The van der Waals surface area contributed by atoms with Crippen LogP contribution in [0.1, 0.15) is 120 Å². The fourth-order valence-electron chi connectivity index (χ4n) is 5.20. The molecule has 0 rings (SSSR count). The first-order valence-electron chi connectivity index (χ1n) is 18.9. The zero-order valence-electron chi connectivity index (χ0n) is 33.6. The minimum absolute atomic E-state index is 0.0256. The monoisotopic (exact) mass is 754 g/mol. The Labute approximate surface area is 315 Å². The molecule has 16 heteroatoms. The number of methoxy groups -OCH3 is 1. The van der Waals surface area contributed by atoms with Gasteiger partial charge >= 0.3 is 5.97 Å². The van der Waals surface area contributed by atoms with E-state index in [9.17, 15) is 38.4 Å². The third kappa shape index (κ3) is 21.2. The standard InChI is InChI=1S/C37H67N7O9/c1-11-13-14-15-16-17-28(45)38-20-29(46)39-21-30(47)41-26(18-23(3)4)33(49)44-37(8,9)36(52)40-22-31(48)43-32(25(7)12-2)34(50)42-27(19-24(5)6)35(51)53-10/h23-27,32H,11-22H2,1-10H3,(H,38,45)(H,39,46)(H,40,52)(H,41,47)(H,42,50)(H,43,48)(H,44,49)/t25-,26-,27-,32-/m0/s1. The van der Waals surface area contributed by atoms with Crippen molar-refractivity contribution in [2.24, 2.45) is 17.8 Å². The van der Waals surface area contributed by atoms with E-state index in [1.54, 1.807) is 6.92 Å². The first-order valence-corrected chi connectivity index (χ1v) is 18.9. The Kier molecular flexibility index (Phi) is 23.6. The largest absolute Gasteiger partial charge is 0.467 e. The number of hydrogen-bond donors (Lipinski definition) is 7. The Morgan fingerprint density at radius 2 is 1.13 bits per heavy atom. The smallest absolute Gasteiger partial charge is 0.328 e. The van der Waals surface area contributed by atoms with Crippen LogP contribution in [-0.2, 0) is 43.1 Å². The average Bonchev–Trinajstić information content (AvgIpc) is 3.08. The summed E-state index contributed by atoms with van der Waals surface area (Å²) in [6, 6.07) is -2.93. The maximum atomic E-state index is 13.3. The summed E-state index contributed by atoms with van der Waals surface area (Å²) in [6.07, 6.45) is 6.39. The Bertz CT molecular complexity index is 1220. The van der Waals surface area contributed by atoms with Crippen LogP contribution in [0.5, 0.6) is 0 Å². The number of nitrogens with one attached hydrogen (secondary N) is 7. The number of carbonyl (C=O) groups excluding carboxylic acids is 8. The number of carbonyl (C=O) groups is 8. The van der Waals surface area contributed by atoms with Crippen molar-refractivity contribution in [1.82, 2.24) is 37.2 Å². The highest BCUT2D eigenvalue weighted by Gasteiger charge is 2.34. The third-order valence-corrected chi connectivity index (χ3v) is 8.49. The molecule has 4 atom stereocenters. The van der Waals surface area contributed by atoms with Crippen LogP contribution >= 0.6 is 0 Å². The molecule has 0 aliphatic rings. The normalized spacial score (nSPS) is 13.5. The lowest BCUT2D eigenvalue weighted by Crippen LogP contribution is -2.61. The molecule has 0 aliphatic heterocycles. The van der Waals surface area contributed by atoms with Crippen molar-refractivity contribution in [1.29, 1.82) is 0 Å². The van der Waals surface area contributed by atoms with E-state index in [1.165, 1.54) is 21.0 Å². The van der Waals surface area contributed by atoms with Gasteiger partial charge in [-0.3, -0.25) is 33.6 Å². The van der Waals surface area contributed by atoms with Crippen molar-refractivity contribution < 1.29 is 43.1 Å². The second-order valence-corrected chi connectivity index (χ2v) is 14.9. The van der Waals surface area contributed by atoms with E-state index >= 15 is 0 Å². The summed E-state index contributed by atoms with van der Waals surface area (Å²) in [7, 11) is 1.23. The molecule has 0 spiro atoms. The van der Waals surface area contributed by atoms with Crippen molar-refractivity contribution in [2.75, 3.05) is 26.7 Å². The number of unbranched alkanes of at least 4 members (excludes halogenated alkanes) is 4. The van der Waals surface area contributed by atoms with Crippen molar-refractivity contribution in [3.8, 4) is 0 Å². The molecule has 0 fully saturated rings. The van der Waals surface area contributed by atoms with Gasteiger partial charge in [-0.15, -0.1) is 0 Å². The molecular weight excluding hydrogens is 686 g/mol. The van der Waals surface area contributed by atoms with Crippen LogP contribution < -0.4 is 37.2 Å². The van der Waals surface area contributed by atoms with Crippen molar-refractivity contribution in [3.63, 3.8) is 0 Å². The fraction of sp³-hybridized carbons (Fsp3) is 0.784. The van der Waals surface area contributed by atoms with Crippen LogP contribution in [0, 0.1) is 17.8 Å². The molecule has 7 N–H and O–H groups in total. The molecule has 304 valence electrons. The molecule has 0 saturated carbocycles. The first kappa shape index (κ1) is 48.8. The van der Waals surface area contributed by atoms with E-state index < -0.39 is 78.2 Å². The highest BCUT2D eigenvalue weighted by molar-refractivity contribution is 5.97. The lowest BCUT2D eigenvalue weighted by atomic mass is 9.97. The van der Waals surface area contributed by atoms with Crippen LogP contribution in [0.4, 0.5) is 0 Å². The summed E-state index contributed by atoms with van der Waals surface area (Å²) in [5.74, 6) is -4.84. The summed E-state index contributed by atoms with van der Waals surface area (Å²) in [6.45, 7) is 14.9. The predicted molar refractivity (Wildman–Crippen MR) is 201 cm³/mol. The van der Waals surface area contributed by atoms with Crippen molar-refractivity contribution in [2.45, 2.75) is 144 Å². The number of hydrogen-bond acceptors (Lipinski definition) is 9. The molecule has 0 aromatic carbocycles. The lowest BCUT2D eigenvalue weighted by molar-refractivity contribution is -0.146. The summed E-state index contributed by atoms with van der Waals surface area (Å²) in [5.41, 5.74) is -1.52. The van der Waals surface area contributed by atoms with Crippen LogP contribution in [0.15, 0.2) is 0 Å². The molecule has 0 unspecified atom stereocenters. The predicted octanol–water partition coefficient (Wildman–Crippen LogP) is 1.36.